The Bertz CT molecular complexity index is 971. The topological polar surface area (TPSA) is 105 Å². The number of fused-ring (bicyclic) bond motifs is 1. The van der Waals surface area contributed by atoms with Crippen LogP contribution in [0.3, 0.4) is 0 Å². The van der Waals surface area contributed by atoms with Crippen LogP contribution >= 0.6 is 0 Å². The third kappa shape index (κ3) is 5.22. The van der Waals surface area contributed by atoms with Crippen LogP contribution in [0.15, 0.2) is 48.5 Å². The second kappa shape index (κ2) is 9.21. The van der Waals surface area contributed by atoms with Crippen LogP contribution in [-0.2, 0) is 30.3 Å². The number of carbonyl (C=O) groups excluding carboxylic acids is 4. The molecule has 1 atom stereocenters. The Kier molecular flexibility index (Phi) is 6.46. The fourth-order valence-electron chi connectivity index (χ4n) is 3.31. The number of anilines is 3. The minimum absolute atomic E-state index is 0.000185. The molecule has 1 heterocycles. The van der Waals surface area contributed by atoms with E-state index in [1.54, 1.807) is 55.5 Å². The number of nitrogens with one attached hydrogen (secondary N) is 2. The van der Waals surface area contributed by atoms with E-state index < -0.39 is 18.5 Å². The summed E-state index contributed by atoms with van der Waals surface area (Å²) < 4.78 is 5.18. The molecule has 0 saturated carbocycles. The third-order valence-corrected chi connectivity index (χ3v) is 4.61. The van der Waals surface area contributed by atoms with E-state index in [-0.39, 0.29) is 30.7 Å². The molecular formula is C22H23N3O5. The van der Waals surface area contributed by atoms with E-state index in [1.807, 2.05) is 0 Å². The summed E-state index contributed by atoms with van der Waals surface area (Å²) in [6.07, 6.45) is 0.148. The van der Waals surface area contributed by atoms with E-state index in [2.05, 4.69) is 10.6 Å². The molecule has 3 amide bonds. The number of para-hydroxylation sites is 2. The van der Waals surface area contributed by atoms with Crippen LogP contribution in [0.1, 0.15) is 25.8 Å². The normalized spacial score (nSPS) is 15.5. The molecule has 0 radical (unpaired) electrons. The monoisotopic (exact) mass is 409 g/mol. The standard InChI is InChI=1S/C22H23N3O5/c1-14-11-20(27)24-18-5-3-4-6-19(18)25(14)21(28)13-30-22(29)12-16-7-9-17(10-8-16)23-15(2)26/h3-10,14H,11-13H2,1-2H3,(H,23,26)(H,24,27)/t14-/m0/s1. The SMILES string of the molecule is CC(=O)Nc1ccc(CC(=O)OCC(=O)N2c3ccccc3NC(=O)C[C@@H]2C)cc1. The van der Waals surface area contributed by atoms with E-state index in [4.69, 9.17) is 4.74 Å². The summed E-state index contributed by atoms with van der Waals surface area (Å²) in [7, 11) is 0. The fraction of sp³-hybridized carbons (Fsp3) is 0.273. The lowest BCUT2D eigenvalue weighted by atomic mass is 10.1. The maximum absolute atomic E-state index is 12.8. The molecule has 156 valence electrons. The van der Waals surface area contributed by atoms with Crippen LogP contribution in [0, 0.1) is 0 Å². The minimum Gasteiger partial charge on any atom is -0.455 e. The lowest BCUT2D eigenvalue weighted by Crippen LogP contribution is -2.41. The quantitative estimate of drug-likeness (QED) is 0.739. The van der Waals surface area contributed by atoms with Gasteiger partial charge in [-0.2, -0.15) is 0 Å². The predicted octanol–water partition coefficient (Wildman–Crippen LogP) is 2.49. The van der Waals surface area contributed by atoms with Gasteiger partial charge in [-0.1, -0.05) is 24.3 Å². The van der Waals surface area contributed by atoms with Crippen LogP contribution in [0.2, 0.25) is 0 Å². The van der Waals surface area contributed by atoms with E-state index in [1.165, 1.54) is 11.8 Å². The summed E-state index contributed by atoms with van der Waals surface area (Å²) in [6, 6.07) is 13.4. The number of ether oxygens (including phenoxy) is 1. The Morgan fingerprint density at radius 1 is 1.13 bits per heavy atom. The second-order valence-electron chi connectivity index (χ2n) is 7.10. The summed E-state index contributed by atoms with van der Waals surface area (Å²) in [5.41, 5.74) is 2.45. The van der Waals surface area contributed by atoms with Gasteiger partial charge >= 0.3 is 5.97 Å². The van der Waals surface area contributed by atoms with Gasteiger partial charge in [-0.3, -0.25) is 19.2 Å². The van der Waals surface area contributed by atoms with Crippen molar-refractivity contribution < 1.29 is 23.9 Å². The first-order valence-corrected chi connectivity index (χ1v) is 9.56. The summed E-state index contributed by atoms with van der Waals surface area (Å²) >= 11 is 0. The van der Waals surface area contributed by atoms with Crippen LogP contribution in [0.5, 0.6) is 0 Å². The van der Waals surface area contributed by atoms with Crippen LogP contribution in [-0.4, -0.2) is 36.3 Å². The first kappa shape index (κ1) is 21.0. The van der Waals surface area contributed by atoms with Crippen LogP contribution in [0.4, 0.5) is 17.1 Å². The maximum atomic E-state index is 12.8. The van der Waals surface area contributed by atoms with Gasteiger partial charge in [0, 0.05) is 25.1 Å². The van der Waals surface area contributed by atoms with Crippen LogP contribution < -0.4 is 15.5 Å². The third-order valence-electron chi connectivity index (χ3n) is 4.61. The molecule has 1 aliphatic heterocycles. The molecule has 0 bridgehead atoms. The molecular weight excluding hydrogens is 386 g/mol. The van der Waals surface area contributed by atoms with Gasteiger partial charge in [-0.05, 0) is 36.8 Å². The number of benzene rings is 2. The van der Waals surface area contributed by atoms with Crippen molar-refractivity contribution in [1.29, 1.82) is 0 Å². The Morgan fingerprint density at radius 3 is 2.53 bits per heavy atom. The van der Waals surface area contributed by atoms with E-state index in [9.17, 15) is 19.2 Å². The number of hydrogen-bond acceptors (Lipinski definition) is 5. The number of amides is 3. The van der Waals surface area contributed by atoms with Gasteiger partial charge in [0.25, 0.3) is 5.91 Å². The Labute approximate surface area is 174 Å². The van der Waals surface area contributed by atoms with E-state index in [0.29, 0.717) is 22.6 Å². The predicted molar refractivity (Wildman–Crippen MR) is 112 cm³/mol. The van der Waals surface area contributed by atoms with Crippen molar-refractivity contribution in [3.8, 4) is 0 Å². The summed E-state index contributed by atoms with van der Waals surface area (Å²) in [5, 5.41) is 5.43. The molecule has 0 saturated heterocycles. The highest BCUT2D eigenvalue weighted by Crippen LogP contribution is 2.31. The number of esters is 1. The molecule has 2 aromatic rings. The smallest absolute Gasteiger partial charge is 0.310 e. The highest BCUT2D eigenvalue weighted by molar-refractivity contribution is 6.05. The van der Waals surface area contributed by atoms with Gasteiger partial charge in [0.05, 0.1) is 17.8 Å². The summed E-state index contributed by atoms with van der Waals surface area (Å²) in [5.74, 6) is -1.30. The Morgan fingerprint density at radius 2 is 1.83 bits per heavy atom. The average Bonchev–Trinajstić information content (AvgIpc) is 2.81. The summed E-state index contributed by atoms with van der Waals surface area (Å²) in [4.78, 5) is 49.5. The Hall–Kier alpha value is -3.68. The summed E-state index contributed by atoms with van der Waals surface area (Å²) in [6.45, 7) is 2.77. The molecule has 8 heteroatoms. The minimum atomic E-state index is -0.541. The van der Waals surface area contributed by atoms with Crippen molar-refractivity contribution in [2.45, 2.75) is 32.7 Å². The molecule has 0 spiro atoms. The molecule has 0 aromatic heterocycles. The zero-order valence-electron chi connectivity index (χ0n) is 16.8. The molecule has 0 unspecified atom stereocenters. The maximum Gasteiger partial charge on any atom is 0.310 e. The molecule has 1 aliphatic rings. The number of carbonyl (C=O) groups is 4. The number of nitrogens with zero attached hydrogens (tertiary/aromatic N) is 1. The van der Waals surface area contributed by atoms with Gasteiger partial charge in [0.2, 0.25) is 11.8 Å². The largest absolute Gasteiger partial charge is 0.455 e. The molecule has 0 fully saturated rings. The zero-order valence-corrected chi connectivity index (χ0v) is 16.8. The van der Waals surface area contributed by atoms with E-state index >= 15 is 0 Å². The molecule has 30 heavy (non-hydrogen) atoms. The van der Waals surface area contributed by atoms with Gasteiger partial charge in [0.1, 0.15) is 0 Å². The number of hydrogen-bond donors (Lipinski definition) is 2. The van der Waals surface area contributed by atoms with E-state index in [0.717, 1.165) is 0 Å². The molecule has 3 rings (SSSR count). The zero-order chi connectivity index (χ0) is 21.7. The molecule has 2 N–H and O–H groups in total. The van der Waals surface area contributed by atoms with Crippen molar-refractivity contribution in [1.82, 2.24) is 0 Å². The van der Waals surface area contributed by atoms with Crippen molar-refractivity contribution in [3.05, 3.63) is 54.1 Å². The lowest BCUT2D eigenvalue weighted by Gasteiger charge is -2.27. The second-order valence-corrected chi connectivity index (χ2v) is 7.10. The average molecular weight is 409 g/mol. The van der Waals surface area contributed by atoms with Crippen molar-refractivity contribution in [2.24, 2.45) is 0 Å². The highest BCUT2D eigenvalue weighted by Gasteiger charge is 2.30. The fourth-order valence-corrected chi connectivity index (χ4v) is 3.31. The lowest BCUT2D eigenvalue weighted by molar-refractivity contribution is -0.147. The van der Waals surface area contributed by atoms with Gasteiger partial charge in [-0.15, -0.1) is 0 Å². The van der Waals surface area contributed by atoms with Crippen molar-refractivity contribution in [3.63, 3.8) is 0 Å². The van der Waals surface area contributed by atoms with Crippen molar-refractivity contribution >= 4 is 40.8 Å². The molecule has 2 aromatic carbocycles. The molecule has 8 nitrogen and oxygen atoms in total. The Balaban J connectivity index is 1.61. The van der Waals surface area contributed by atoms with Gasteiger partial charge in [0.15, 0.2) is 6.61 Å². The first-order valence-electron chi connectivity index (χ1n) is 9.56. The van der Waals surface area contributed by atoms with Crippen LogP contribution in [0.25, 0.3) is 0 Å². The van der Waals surface area contributed by atoms with Gasteiger partial charge in [-0.25, -0.2) is 0 Å². The van der Waals surface area contributed by atoms with Gasteiger partial charge < -0.3 is 20.3 Å². The highest BCUT2D eigenvalue weighted by atomic mass is 16.5. The first-order chi connectivity index (χ1) is 14.3. The number of rotatable bonds is 5. The van der Waals surface area contributed by atoms with Crippen molar-refractivity contribution in [2.75, 3.05) is 22.1 Å². The molecule has 0 aliphatic carbocycles.